The van der Waals surface area contributed by atoms with Gasteiger partial charge in [0.2, 0.25) is 0 Å². The van der Waals surface area contributed by atoms with Crippen LogP contribution in [0.4, 0.5) is 0 Å². The highest BCUT2D eigenvalue weighted by Crippen LogP contribution is 2.20. The van der Waals surface area contributed by atoms with Gasteiger partial charge in [0.05, 0.1) is 31.6 Å². The van der Waals surface area contributed by atoms with Crippen molar-refractivity contribution in [1.29, 1.82) is 0 Å². The number of carbonyl (C=O) groups is 1. The molecule has 0 aliphatic carbocycles. The van der Waals surface area contributed by atoms with Crippen molar-refractivity contribution in [2.24, 2.45) is 0 Å². The van der Waals surface area contributed by atoms with E-state index in [1.54, 1.807) is 41.0 Å². The van der Waals surface area contributed by atoms with Gasteiger partial charge in [0, 0.05) is 34.9 Å². The van der Waals surface area contributed by atoms with Crippen LogP contribution in [0.3, 0.4) is 0 Å². The van der Waals surface area contributed by atoms with Gasteiger partial charge in [0.1, 0.15) is 5.52 Å². The summed E-state index contributed by atoms with van der Waals surface area (Å²) in [6, 6.07) is 9.69. The molecule has 4 aromatic heterocycles. The van der Waals surface area contributed by atoms with E-state index in [0.717, 1.165) is 10.4 Å². The second-order valence-electron chi connectivity index (χ2n) is 6.76. The molecule has 0 fully saturated rings. The third-order valence-electron chi connectivity index (χ3n) is 4.58. The number of carbonyl (C=O) groups excluding carboxylic acids is 1. The summed E-state index contributed by atoms with van der Waals surface area (Å²) in [5, 5.41) is 9.40. The zero-order valence-electron chi connectivity index (χ0n) is 16.0. The predicted octanol–water partition coefficient (Wildman–Crippen LogP) is 2.88. The molecule has 1 amide bonds. The Morgan fingerprint density at radius 1 is 1.24 bits per heavy atom. The highest BCUT2D eigenvalue weighted by Gasteiger charge is 2.18. The lowest BCUT2D eigenvalue weighted by molar-refractivity contribution is 0.0709. The van der Waals surface area contributed by atoms with Gasteiger partial charge in [-0.1, -0.05) is 6.07 Å². The minimum atomic E-state index is -0.165. The van der Waals surface area contributed by atoms with Gasteiger partial charge in [-0.15, -0.1) is 11.3 Å². The van der Waals surface area contributed by atoms with Gasteiger partial charge in [0.25, 0.3) is 5.91 Å². The van der Waals surface area contributed by atoms with Crippen molar-refractivity contribution in [2.45, 2.75) is 20.0 Å². The average Bonchev–Trinajstić information content (AvgIpc) is 3.33. The second-order valence-corrected chi connectivity index (χ2v) is 8.14. The molecule has 0 spiro atoms. The van der Waals surface area contributed by atoms with Crippen molar-refractivity contribution < 1.29 is 9.90 Å². The third kappa shape index (κ3) is 4.33. The minimum absolute atomic E-state index is 0.0918. The SMILES string of the molecule is Cc1ccc(CN(CCO)C(=O)c2cnc3c(c2)ncn3Cc2cccnc2)s1. The van der Waals surface area contributed by atoms with Gasteiger partial charge in [-0.25, -0.2) is 9.97 Å². The summed E-state index contributed by atoms with van der Waals surface area (Å²) in [6.45, 7) is 3.28. The van der Waals surface area contributed by atoms with Crippen LogP contribution in [0.25, 0.3) is 11.2 Å². The lowest BCUT2D eigenvalue weighted by Crippen LogP contribution is -2.32. The molecular formula is C21H21N5O2S. The van der Waals surface area contributed by atoms with Gasteiger partial charge in [-0.2, -0.15) is 0 Å². The Kier molecular flexibility index (Phi) is 5.64. The molecule has 0 aromatic carbocycles. The third-order valence-corrected chi connectivity index (χ3v) is 5.56. The van der Waals surface area contributed by atoms with E-state index in [9.17, 15) is 9.90 Å². The number of fused-ring (bicyclic) bond motifs is 1. The number of aryl methyl sites for hydroxylation is 1. The molecule has 0 unspecified atom stereocenters. The number of hydrogen-bond donors (Lipinski definition) is 1. The molecule has 4 aromatic rings. The van der Waals surface area contributed by atoms with E-state index in [0.29, 0.717) is 29.8 Å². The first-order valence-corrected chi connectivity index (χ1v) is 10.1. The number of hydrogen-bond acceptors (Lipinski definition) is 6. The fraction of sp³-hybridized carbons (Fsp3) is 0.238. The summed E-state index contributed by atoms with van der Waals surface area (Å²) < 4.78 is 1.93. The zero-order valence-corrected chi connectivity index (χ0v) is 16.8. The lowest BCUT2D eigenvalue weighted by Gasteiger charge is -2.21. The van der Waals surface area contributed by atoms with Crippen molar-refractivity contribution >= 4 is 28.4 Å². The summed E-state index contributed by atoms with van der Waals surface area (Å²) in [7, 11) is 0. The Morgan fingerprint density at radius 2 is 2.14 bits per heavy atom. The maximum Gasteiger partial charge on any atom is 0.255 e. The van der Waals surface area contributed by atoms with E-state index in [2.05, 4.69) is 15.0 Å². The van der Waals surface area contributed by atoms with Crippen LogP contribution < -0.4 is 0 Å². The van der Waals surface area contributed by atoms with Gasteiger partial charge >= 0.3 is 0 Å². The molecule has 8 heteroatoms. The molecule has 0 saturated carbocycles. The Labute approximate surface area is 172 Å². The number of imidazole rings is 1. The van der Waals surface area contributed by atoms with Crippen molar-refractivity contribution in [1.82, 2.24) is 24.4 Å². The van der Waals surface area contributed by atoms with Gasteiger partial charge in [-0.3, -0.25) is 9.78 Å². The maximum atomic E-state index is 13.0. The molecule has 4 rings (SSSR count). The van der Waals surface area contributed by atoms with Crippen LogP contribution in [-0.2, 0) is 13.1 Å². The van der Waals surface area contributed by atoms with E-state index in [4.69, 9.17) is 0 Å². The number of aliphatic hydroxyl groups is 1. The maximum absolute atomic E-state index is 13.0. The highest BCUT2D eigenvalue weighted by atomic mass is 32.1. The first-order valence-electron chi connectivity index (χ1n) is 9.29. The van der Waals surface area contributed by atoms with Crippen molar-refractivity contribution in [3.63, 3.8) is 0 Å². The second kappa shape index (κ2) is 8.50. The number of aliphatic hydroxyl groups excluding tert-OH is 1. The smallest absolute Gasteiger partial charge is 0.255 e. The summed E-state index contributed by atoms with van der Waals surface area (Å²) in [4.78, 5) is 30.0. The minimum Gasteiger partial charge on any atom is -0.395 e. The average molecular weight is 407 g/mol. The summed E-state index contributed by atoms with van der Waals surface area (Å²) in [6.07, 6.45) is 6.85. The number of pyridine rings is 2. The number of thiophene rings is 1. The standard InChI is InChI=1S/C21H21N5O2S/c1-15-4-5-18(29-15)13-25(7-8-27)21(28)17-9-19-20(23-11-17)26(14-24-19)12-16-3-2-6-22-10-16/h2-6,9-11,14,27H,7-8,12-13H2,1H3. The molecule has 4 heterocycles. The molecule has 29 heavy (non-hydrogen) atoms. The first-order chi connectivity index (χ1) is 14.1. The Morgan fingerprint density at radius 3 is 2.86 bits per heavy atom. The zero-order chi connectivity index (χ0) is 20.2. The van der Waals surface area contributed by atoms with Crippen molar-refractivity contribution in [2.75, 3.05) is 13.2 Å². The lowest BCUT2D eigenvalue weighted by atomic mass is 10.2. The molecule has 0 aliphatic rings. The van der Waals surface area contributed by atoms with Crippen LogP contribution in [-0.4, -0.2) is 48.6 Å². The molecule has 0 aliphatic heterocycles. The van der Waals surface area contributed by atoms with Crippen molar-refractivity contribution in [3.8, 4) is 0 Å². The van der Waals surface area contributed by atoms with Crippen LogP contribution in [0.1, 0.15) is 25.7 Å². The van der Waals surface area contributed by atoms with Crippen LogP contribution in [0, 0.1) is 6.92 Å². The monoisotopic (exact) mass is 407 g/mol. The molecule has 148 valence electrons. The fourth-order valence-corrected chi connectivity index (χ4v) is 4.09. The summed E-state index contributed by atoms with van der Waals surface area (Å²) >= 11 is 1.65. The number of rotatable bonds is 7. The quantitative estimate of drug-likeness (QED) is 0.509. The van der Waals surface area contributed by atoms with E-state index < -0.39 is 0 Å². The first kappa shape index (κ1) is 19.2. The van der Waals surface area contributed by atoms with Crippen LogP contribution in [0.15, 0.2) is 55.2 Å². The highest BCUT2D eigenvalue weighted by molar-refractivity contribution is 7.11. The van der Waals surface area contributed by atoms with Crippen molar-refractivity contribution in [3.05, 3.63) is 76.1 Å². The largest absolute Gasteiger partial charge is 0.395 e. The molecule has 1 N–H and O–H groups in total. The molecular weight excluding hydrogens is 386 g/mol. The Bertz CT molecular complexity index is 1120. The van der Waals surface area contributed by atoms with Crippen LogP contribution >= 0.6 is 11.3 Å². The topological polar surface area (TPSA) is 84.1 Å². The predicted molar refractivity (Wildman–Crippen MR) is 112 cm³/mol. The van der Waals surface area contributed by atoms with Crippen LogP contribution in [0.2, 0.25) is 0 Å². The Hall–Kier alpha value is -3.10. The number of aromatic nitrogens is 4. The normalized spacial score (nSPS) is 11.1. The van der Waals surface area contributed by atoms with E-state index in [-0.39, 0.29) is 19.1 Å². The number of nitrogens with zero attached hydrogens (tertiary/aromatic N) is 5. The van der Waals surface area contributed by atoms with Crippen LogP contribution in [0.5, 0.6) is 0 Å². The van der Waals surface area contributed by atoms with E-state index in [1.165, 1.54) is 4.88 Å². The number of amides is 1. The fourth-order valence-electron chi connectivity index (χ4n) is 3.18. The molecule has 0 saturated heterocycles. The molecule has 0 atom stereocenters. The summed E-state index contributed by atoms with van der Waals surface area (Å²) in [5.41, 5.74) is 2.89. The molecule has 7 nitrogen and oxygen atoms in total. The molecule has 0 radical (unpaired) electrons. The van der Waals surface area contributed by atoms with E-state index >= 15 is 0 Å². The van der Waals surface area contributed by atoms with E-state index in [1.807, 2.05) is 42.0 Å². The molecule has 0 bridgehead atoms. The van der Waals surface area contributed by atoms with Gasteiger partial charge < -0.3 is 14.6 Å². The van der Waals surface area contributed by atoms with Gasteiger partial charge in [-0.05, 0) is 36.8 Å². The Balaban J connectivity index is 1.56. The van der Waals surface area contributed by atoms with Gasteiger partial charge in [0.15, 0.2) is 5.65 Å². The summed E-state index contributed by atoms with van der Waals surface area (Å²) in [5.74, 6) is -0.165.